The molecule has 0 N–H and O–H groups in total. The second kappa shape index (κ2) is 5.17. The lowest BCUT2D eigenvalue weighted by atomic mass is 10.3. The topological polar surface area (TPSA) is 22.1 Å². The SMILES string of the molecule is ClCc1cc(Br)cnc1OCCC1CC1. The first-order chi connectivity index (χ1) is 7.29. The zero-order valence-electron chi connectivity index (χ0n) is 8.38. The molecule has 0 spiro atoms. The molecular weight excluding hydrogens is 277 g/mol. The first-order valence-corrected chi connectivity index (χ1v) is 6.45. The van der Waals surface area contributed by atoms with Gasteiger partial charge < -0.3 is 4.74 Å². The van der Waals surface area contributed by atoms with E-state index in [1.165, 1.54) is 12.8 Å². The van der Waals surface area contributed by atoms with Gasteiger partial charge in [-0.15, -0.1) is 11.6 Å². The highest BCUT2D eigenvalue weighted by molar-refractivity contribution is 9.10. The summed E-state index contributed by atoms with van der Waals surface area (Å²) in [6.07, 6.45) is 5.60. The number of nitrogens with zero attached hydrogens (tertiary/aromatic N) is 1. The van der Waals surface area contributed by atoms with E-state index in [0.29, 0.717) is 11.8 Å². The number of hydrogen-bond donors (Lipinski definition) is 0. The maximum Gasteiger partial charge on any atom is 0.217 e. The molecule has 0 bridgehead atoms. The summed E-state index contributed by atoms with van der Waals surface area (Å²) in [5.41, 5.74) is 0.946. The van der Waals surface area contributed by atoms with Crippen LogP contribution in [0.1, 0.15) is 24.8 Å². The molecule has 1 aromatic rings. The van der Waals surface area contributed by atoms with Crippen LogP contribution in [0.2, 0.25) is 0 Å². The molecule has 0 atom stereocenters. The van der Waals surface area contributed by atoms with Crippen LogP contribution in [0.15, 0.2) is 16.7 Å². The van der Waals surface area contributed by atoms with E-state index in [-0.39, 0.29) is 0 Å². The molecule has 1 aromatic heterocycles. The highest BCUT2D eigenvalue weighted by Gasteiger charge is 2.21. The summed E-state index contributed by atoms with van der Waals surface area (Å²) in [6.45, 7) is 0.753. The van der Waals surface area contributed by atoms with E-state index in [4.69, 9.17) is 16.3 Å². The molecular formula is C11H13BrClNO. The minimum atomic E-state index is 0.436. The molecule has 0 amide bonds. The molecule has 0 saturated heterocycles. The monoisotopic (exact) mass is 289 g/mol. The summed E-state index contributed by atoms with van der Waals surface area (Å²) in [4.78, 5) is 4.21. The number of rotatable bonds is 5. The Morgan fingerprint density at radius 1 is 1.53 bits per heavy atom. The van der Waals surface area contributed by atoms with Gasteiger partial charge in [-0.3, -0.25) is 0 Å². The van der Waals surface area contributed by atoms with Crippen molar-refractivity contribution in [3.8, 4) is 5.88 Å². The first-order valence-electron chi connectivity index (χ1n) is 5.13. The number of alkyl halides is 1. The second-order valence-corrected chi connectivity index (χ2v) is 5.01. The minimum Gasteiger partial charge on any atom is -0.477 e. The number of pyridine rings is 1. The van der Waals surface area contributed by atoms with Gasteiger partial charge in [0.1, 0.15) is 0 Å². The summed E-state index contributed by atoms with van der Waals surface area (Å²) < 4.78 is 6.56. The van der Waals surface area contributed by atoms with Gasteiger partial charge in [0.05, 0.1) is 12.5 Å². The third-order valence-corrected chi connectivity index (χ3v) is 3.22. The number of halogens is 2. The fraction of sp³-hybridized carbons (Fsp3) is 0.545. The summed E-state index contributed by atoms with van der Waals surface area (Å²) in [5.74, 6) is 2.00. The Labute approximate surface area is 103 Å². The van der Waals surface area contributed by atoms with Crippen molar-refractivity contribution < 1.29 is 4.74 Å². The van der Waals surface area contributed by atoms with Crippen molar-refractivity contribution in [2.75, 3.05) is 6.61 Å². The summed E-state index contributed by atoms with van der Waals surface area (Å²) in [6, 6.07) is 1.95. The van der Waals surface area contributed by atoms with Crippen LogP contribution in [0.5, 0.6) is 5.88 Å². The Kier molecular flexibility index (Phi) is 3.87. The lowest BCUT2D eigenvalue weighted by molar-refractivity contribution is 0.289. The standard InChI is InChI=1S/C11H13BrClNO/c12-10-5-9(6-13)11(14-7-10)15-4-3-8-1-2-8/h5,7-8H,1-4,6H2. The Hall–Kier alpha value is -0.280. The van der Waals surface area contributed by atoms with Gasteiger partial charge in [0.2, 0.25) is 5.88 Å². The molecule has 1 heterocycles. The maximum atomic E-state index is 5.82. The van der Waals surface area contributed by atoms with Crippen molar-refractivity contribution in [1.82, 2.24) is 4.98 Å². The molecule has 0 unspecified atom stereocenters. The van der Waals surface area contributed by atoms with E-state index in [9.17, 15) is 0 Å². The molecule has 1 aliphatic carbocycles. The van der Waals surface area contributed by atoms with E-state index in [1.807, 2.05) is 6.07 Å². The van der Waals surface area contributed by atoms with Crippen molar-refractivity contribution in [1.29, 1.82) is 0 Å². The predicted octanol–water partition coefficient (Wildman–Crippen LogP) is 3.76. The van der Waals surface area contributed by atoms with Crippen LogP contribution in [0.25, 0.3) is 0 Å². The summed E-state index contributed by atoms with van der Waals surface area (Å²) in [5, 5.41) is 0. The Morgan fingerprint density at radius 2 is 2.33 bits per heavy atom. The molecule has 1 saturated carbocycles. The van der Waals surface area contributed by atoms with Crippen molar-refractivity contribution in [3.63, 3.8) is 0 Å². The fourth-order valence-corrected chi connectivity index (χ4v) is 1.99. The molecule has 2 nitrogen and oxygen atoms in total. The zero-order chi connectivity index (χ0) is 10.7. The third-order valence-electron chi connectivity index (χ3n) is 2.50. The number of aromatic nitrogens is 1. The van der Waals surface area contributed by atoms with Crippen molar-refractivity contribution in [2.24, 2.45) is 5.92 Å². The summed E-state index contributed by atoms with van der Waals surface area (Å²) in [7, 11) is 0. The Balaban J connectivity index is 1.92. The van der Waals surface area contributed by atoms with Gasteiger partial charge in [0.25, 0.3) is 0 Å². The van der Waals surface area contributed by atoms with Gasteiger partial charge in [-0.1, -0.05) is 12.8 Å². The molecule has 15 heavy (non-hydrogen) atoms. The average Bonchev–Trinajstić information content (AvgIpc) is 3.04. The van der Waals surface area contributed by atoms with Crippen LogP contribution in [-0.2, 0) is 5.88 Å². The first kappa shape index (κ1) is 11.2. The highest BCUT2D eigenvalue weighted by Crippen LogP contribution is 2.32. The van der Waals surface area contributed by atoms with Gasteiger partial charge in [0, 0.05) is 16.2 Å². The van der Waals surface area contributed by atoms with Gasteiger partial charge in [-0.05, 0) is 34.3 Å². The summed E-state index contributed by atoms with van der Waals surface area (Å²) >= 11 is 9.18. The Morgan fingerprint density at radius 3 is 3.00 bits per heavy atom. The van der Waals surface area contributed by atoms with Crippen LogP contribution in [0.4, 0.5) is 0 Å². The van der Waals surface area contributed by atoms with E-state index in [0.717, 1.165) is 29.0 Å². The molecule has 2 rings (SSSR count). The molecule has 1 aliphatic rings. The van der Waals surface area contributed by atoms with Crippen LogP contribution in [0.3, 0.4) is 0 Å². The molecule has 4 heteroatoms. The fourth-order valence-electron chi connectivity index (χ4n) is 1.42. The quantitative estimate of drug-likeness (QED) is 0.770. The van der Waals surface area contributed by atoms with E-state index in [1.54, 1.807) is 6.20 Å². The van der Waals surface area contributed by atoms with Crippen molar-refractivity contribution >= 4 is 27.5 Å². The second-order valence-electron chi connectivity index (χ2n) is 3.83. The molecule has 0 aromatic carbocycles. The highest BCUT2D eigenvalue weighted by atomic mass is 79.9. The van der Waals surface area contributed by atoms with E-state index < -0.39 is 0 Å². The average molecular weight is 291 g/mol. The smallest absolute Gasteiger partial charge is 0.217 e. The van der Waals surface area contributed by atoms with Gasteiger partial charge >= 0.3 is 0 Å². The lowest BCUT2D eigenvalue weighted by Gasteiger charge is -2.08. The molecule has 0 radical (unpaired) electrons. The van der Waals surface area contributed by atoms with E-state index in [2.05, 4.69) is 20.9 Å². The lowest BCUT2D eigenvalue weighted by Crippen LogP contribution is -2.02. The van der Waals surface area contributed by atoms with Crippen LogP contribution >= 0.6 is 27.5 Å². The Bertz CT molecular complexity index is 341. The molecule has 82 valence electrons. The van der Waals surface area contributed by atoms with Gasteiger partial charge in [0.15, 0.2) is 0 Å². The maximum absolute atomic E-state index is 5.82. The van der Waals surface area contributed by atoms with Crippen LogP contribution in [-0.4, -0.2) is 11.6 Å². The zero-order valence-corrected chi connectivity index (χ0v) is 10.7. The normalized spacial score (nSPS) is 15.3. The van der Waals surface area contributed by atoms with E-state index >= 15 is 0 Å². The third kappa shape index (κ3) is 3.35. The molecule has 0 aliphatic heterocycles. The van der Waals surface area contributed by atoms with Crippen LogP contribution < -0.4 is 4.74 Å². The van der Waals surface area contributed by atoms with Gasteiger partial charge in [-0.25, -0.2) is 4.98 Å². The van der Waals surface area contributed by atoms with Crippen molar-refractivity contribution in [3.05, 3.63) is 22.3 Å². The predicted molar refractivity (Wildman–Crippen MR) is 64.3 cm³/mol. The van der Waals surface area contributed by atoms with Gasteiger partial charge in [-0.2, -0.15) is 0 Å². The van der Waals surface area contributed by atoms with Crippen LogP contribution in [0, 0.1) is 5.92 Å². The minimum absolute atomic E-state index is 0.436. The molecule has 1 fully saturated rings. The van der Waals surface area contributed by atoms with Crippen molar-refractivity contribution in [2.45, 2.75) is 25.1 Å². The number of ether oxygens (including phenoxy) is 1. The largest absolute Gasteiger partial charge is 0.477 e. The number of hydrogen-bond acceptors (Lipinski definition) is 2.